The van der Waals surface area contributed by atoms with Gasteiger partial charge in [0.2, 0.25) is 0 Å². The third-order valence-corrected chi connectivity index (χ3v) is 3.06. The summed E-state index contributed by atoms with van der Waals surface area (Å²) in [5, 5.41) is 12.9. The molecule has 1 aliphatic rings. The fourth-order valence-electron chi connectivity index (χ4n) is 1.86. The van der Waals surface area contributed by atoms with Gasteiger partial charge in [-0.1, -0.05) is 0 Å². The van der Waals surface area contributed by atoms with Crippen molar-refractivity contribution in [2.75, 3.05) is 12.4 Å². The van der Waals surface area contributed by atoms with Crippen LogP contribution >= 0.6 is 0 Å². The lowest BCUT2D eigenvalue weighted by Gasteiger charge is -2.17. The molecule has 19 heavy (non-hydrogen) atoms. The van der Waals surface area contributed by atoms with Crippen LogP contribution in [-0.2, 0) is 0 Å². The van der Waals surface area contributed by atoms with E-state index in [9.17, 15) is 4.79 Å². The predicted molar refractivity (Wildman–Crippen MR) is 73.6 cm³/mol. The third-order valence-electron chi connectivity index (χ3n) is 3.06. The minimum atomic E-state index is -0.363. The maximum absolute atomic E-state index is 11.8. The number of rotatable bonds is 5. The van der Waals surface area contributed by atoms with Crippen molar-refractivity contribution in [1.29, 1.82) is 5.41 Å². The molecule has 1 aromatic rings. The van der Waals surface area contributed by atoms with Crippen LogP contribution in [0.4, 0.5) is 10.5 Å². The Morgan fingerprint density at radius 2 is 2.05 bits per heavy atom. The molecule has 0 heterocycles. The number of benzene rings is 1. The first-order valence-corrected chi connectivity index (χ1v) is 6.15. The lowest BCUT2D eigenvalue weighted by molar-refractivity contribution is 0.250. The second-order valence-corrected chi connectivity index (χ2v) is 4.60. The first-order chi connectivity index (χ1) is 9.10. The molecule has 0 aliphatic heterocycles. The summed E-state index contributed by atoms with van der Waals surface area (Å²) in [4.78, 5) is 11.8. The molecule has 1 aromatic carbocycles. The molecule has 2 amide bonds. The van der Waals surface area contributed by atoms with Crippen LogP contribution in [0.15, 0.2) is 24.3 Å². The standard InChI is InChI=1S/C13H18N4O2/c1-19-10-6-4-9(5-7-10)16-13(18)17-11(12(14)15)8-2-3-8/h4-8,11H,2-3H2,1H3,(H3,14,15)(H2,16,17,18). The molecule has 0 saturated heterocycles. The number of nitrogens with two attached hydrogens (primary N) is 1. The largest absolute Gasteiger partial charge is 0.497 e. The fraction of sp³-hybridized carbons (Fsp3) is 0.385. The molecule has 102 valence electrons. The molecule has 0 aromatic heterocycles. The van der Waals surface area contributed by atoms with E-state index < -0.39 is 0 Å². The lowest BCUT2D eigenvalue weighted by Crippen LogP contribution is -2.47. The van der Waals surface area contributed by atoms with Gasteiger partial charge in [0.1, 0.15) is 11.6 Å². The van der Waals surface area contributed by atoms with Crippen LogP contribution < -0.4 is 21.1 Å². The molecule has 1 saturated carbocycles. The molecule has 5 N–H and O–H groups in total. The SMILES string of the molecule is COc1ccc(NC(=O)NC(C(=N)N)C2CC2)cc1. The summed E-state index contributed by atoms with van der Waals surface area (Å²) in [7, 11) is 1.59. The van der Waals surface area contributed by atoms with Crippen LogP contribution in [-0.4, -0.2) is 25.0 Å². The van der Waals surface area contributed by atoms with Crippen molar-refractivity contribution < 1.29 is 9.53 Å². The summed E-state index contributed by atoms with van der Waals surface area (Å²) in [6.07, 6.45) is 2.01. The minimum Gasteiger partial charge on any atom is -0.497 e. The van der Waals surface area contributed by atoms with Gasteiger partial charge >= 0.3 is 6.03 Å². The van der Waals surface area contributed by atoms with Crippen LogP contribution in [0.25, 0.3) is 0 Å². The minimum absolute atomic E-state index is 0.00683. The van der Waals surface area contributed by atoms with Gasteiger partial charge in [0.25, 0.3) is 0 Å². The lowest BCUT2D eigenvalue weighted by atomic mass is 10.2. The third kappa shape index (κ3) is 3.61. The van der Waals surface area contributed by atoms with Crippen LogP contribution in [0.1, 0.15) is 12.8 Å². The molecular formula is C13H18N4O2. The summed E-state index contributed by atoms with van der Waals surface area (Å²) >= 11 is 0. The number of carbonyl (C=O) groups excluding carboxylic acids is 1. The van der Waals surface area contributed by atoms with E-state index in [1.54, 1.807) is 31.4 Å². The average molecular weight is 262 g/mol. The number of nitrogens with one attached hydrogen (secondary N) is 3. The van der Waals surface area contributed by atoms with Gasteiger partial charge in [0.05, 0.1) is 13.2 Å². The Morgan fingerprint density at radius 3 is 2.53 bits per heavy atom. The van der Waals surface area contributed by atoms with Crippen molar-refractivity contribution in [3.05, 3.63) is 24.3 Å². The van der Waals surface area contributed by atoms with E-state index in [0.717, 1.165) is 18.6 Å². The summed E-state index contributed by atoms with van der Waals surface area (Å²) in [5.74, 6) is 1.04. The van der Waals surface area contributed by atoms with Crippen molar-refractivity contribution in [3.8, 4) is 5.75 Å². The molecule has 0 spiro atoms. The van der Waals surface area contributed by atoms with Gasteiger partial charge in [-0.3, -0.25) is 5.41 Å². The number of urea groups is 1. The molecule has 0 bridgehead atoms. The van der Waals surface area contributed by atoms with Crippen molar-refractivity contribution in [3.63, 3.8) is 0 Å². The van der Waals surface area contributed by atoms with E-state index in [1.165, 1.54) is 0 Å². The van der Waals surface area contributed by atoms with Crippen LogP contribution in [0.3, 0.4) is 0 Å². The Hall–Kier alpha value is -2.24. The van der Waals surface area contributed by atoms with Gasteiger partial charge in [0.15, 0.2) is 0 Å². The zero-order valence-corrected chi connectivity index (χ0v) is 10.8. The summed E-state index contributed by atoms with van der Waals surface area (Å²) in [6, 6.07) is 6.31. The fourth-order valence-corrected chi connectivity index (χ4v) is 1.86. The first kappa shape index (κ1) is 13.2. The van der Waals surface area contributed by atoms with Gasteiger partial charge in [-0.05, 0) is 43.0 Å². The molecule has 2 rings (SSSR count). The molecule has 1 atom stereocenters. The Kier molecular flexibility index (Phi) is 3.89. The van der Waals surface area contributed by atoms with Gasteiger partial charge in [0, 0.05) is 5.69 Å². The van der Waals surface area contributed by atoms with Crippen LogP contribution in [0, 0.1) is 11.3 Å². The summed E-state index contributed by atoms with van der Waals surface area (Å²) in [5.41, 5.74) is 6.14. The number of hydrogen-bond acceptors (Lipinski definition) is 3. The molecule has 6 heteroatoms. The Labute approximate surface area is 111 Å². The van der Waals surface area contributed by atoms with E-state index in [-0.39, 0.29) is 17.9 Å². The smallest absolute Gasteiger partial charge is 0.319 e. The predicted octanol–water partition coefficient (Wildman–Crippen LogP) is 1.53. The Balaban J connectivity index is 1.90. The molecule has 6 nitrogen and oxygen atoms in total. The zero-order valence-electron chi connectivity index (χ0n) is 10.8. The molecule has 1 aliphatic carbocycles. The van der Waals surface area contributed by atoms with Crippen molar-refractivity contribution in [2.24, 2.45) is 11.7 Å². The molecule has 0 radical (unpaired) electrons. The van der Waals surface area contributed by atoms with E-state index >= 15 is 0 Å². The average Bonchev–Trinajstić information content (AvgIpc) is 3.21. The quantitative estimate of drug-likeness (QED) is 0.478. The highest BCUT2D eigenvalue weighted by atomic mass is 16.5. The van der Waals surface area contributed by atoms with Gasteiger partial charge in [-0.25, -0.2) is 4.79 Å². The number of methoxy groups -OCH3 is 1. The van der Waals surface area contributed by atoms with Gasteiger partial charge in [-0.15, -0.1) is 0 Å². The van der Waals surface area contributed by atoms with Crippen molar-refractivity contribution >= 4 is 17.6 Å². The van der Waals surface area contributed by atoms with E-state index in [0.29, 0.717) is 11.6 Å². The molecule has 1 unspecified atom stereocenters. The highest BCUT2D eigenvalue weighted by Gasteiger charge is 2.34. The molecule has 1 fully saturated rings. The van der Waals surface area contributed by atoms with Gasteiger partial charge in [-0.2, -0.15) is 0 Å². The maximum atomic E-state index is 11.8. The Morgan fingerprint density at radius 1 is 1.42 bits per heavy atom. The molecular weight excluding hydrogens is 244 g/mol. The number of ether oxygens (including phenoxy) is 1. The topological polar surface area (TPSA) is 100 Å². The first-order valence-electron chi connectivity index (χ1n) is 6.15. The normalized spacial score (nSPS) is 15.4. The number of hydrogen-bond donors (Lipinski definition) is 4. The number of amidine groups is 1. The second kappa shape index (κ2) is 5.60. The van der Waals surface area contributed by atoms with E-state index in [1.807, 2.05) is 0 Å². The summed E-state index contributed by atoms with van der Waals surface area (Å²) in [6.45, 7) is 0. The van der Waals surface area contributed by atoms with Crippen molar-refractivity contribution in [2.45, 2.75) is 18.9 Å². The number of carbonyl (C=O) groups is 1. The van der Waals surface area contributed by atoms with Gasteiger partial charge < -0.3 is 21.1 Å². The monoisotopic (exact) mass is 262 g/mol. The summed E-state index contributed by atoms with van der Waals surface area (Å²) < 4.78 is 5.04. The number of amides is 2. The Bertz CT molecular complexity index is 468. The van der Waals surface area contributed by atoms with E-state index in [2.05, 4.69) is 10.6 Å². The highest BCUT2D eigenvalue weighted by molar-refractivity contribution is 5.94. The van der Waals surface area contributed by atoms with Crippen molar-refractivity contribution in [1.82, 2.24) is 5.32 Å². The van der Waals surface area contributed by atoms with E-state index in [4.69, 9.17) is 15.9 Å². The van der Waals surface area contributed by atoms with Crippen LogP contribution in [0.5, 0.6) is 5.75 Å². The highest BCUT2D eigenvalue weighted by Crippen LogP contribution is 2.32. The number of anilines is 1. The second-order valence-electron chi connectivity index (χ2n) is 4.60. The maximum Gasteiger partial charge on any atom is 0.319 e. The van der Waals surface area contributed by atoms with Crippen LogP contribution in [0.2, 0.25) is 0 Å². The zero-order chi connectivity index (χ0) is 13.8.